The van der Waals surface area contributed by atoms with Crippen molar-refractivity contribution in [1.82, 2.24) is 14.3 Å². The molecule has 1 atom stereocenters. The molecular formula is C26H31N3O4. The zero-order chi connectivity index (χ0) is 24.1. The molecule has 3 heterocycles. The van der Waals surface area contributed by atoms with Gasteiger partial charge in [-0.2, -0.15) is 5.10 Å². The fraction of sp³-hybridized carbons (Fsp3) is 0.423. The fourth-order valence-corrected chi connectivity index (χ4v) is 4.74. The van der Waals surface area contributed by atoms with Gasteiger partial charge in [0.15, 0.2) is 5.43 Å². The maximum absolute atomic E-state index is 12.9. The maximum Gasteiger partial charge on any atom is 0.343 e. The molecule has 33 heavy (non-hydrogen) atoms. The van der Waals surface area contributed by atoms with Crippen LogP contribution in [0.2, 0.25) is 0 Å². The van der Waals surface area contributed by atoms with E-state index in [0.29, 0.717) is 5.75 Å². The number of methoxy groups -OCH3 is 1. The van der Waals surface area contributed by atoms with E-state index in [-0.39, 0.29) is 29.1 Å². The largest absolute Gasteiger partial charge is 0.496 e. The minimum atomic E-state index is -0.587. The van der Waals surface area contributed by atoms with Crippen molar-refractivity contribution in [3.63, 3.8) is 0 Å². The summed E-state index contributed by atoms with van der Waals surface area (Å²) in [5, 5.41) is 4.39. The minimum absolute atomic E-state index is 0.0441. The zero-order valence-electron chi connectivity index (χ0n) is 20.4. The highest BCUT2D eigenvalue weighted by atomic mass is 16.5. The predicted molar refractivity (Wildman–Crippen MR) is 128 cm³/mol. The lowest BCUT2D eigenvalue weighted by Gasteiger charge is -2.39. The number of aryl methyl sites for hydroxylation is 2. The number of benzene rings is 1. The van der Waals surface area contributed by atoms with Crippen molar-refractivity contribution < 1.29 is 14.3 Å². The second-order valence-corrected chi connectivity index (χ2v) is 9.66. The molecule has 174 valence electrons. The van der Waals surface area contributed by atoms with E-state index in [4.69, 9.17) is 9.47 Å². The Bertz CT molecular complexity index is 1270. The Balaban J connectivity index is 1.99. The Hall–Kier alpha value is -3.35. The van der Waals surface area contributed by atoms with Gasteiger partial charge in [-0.25, -0.2) is 4.79 Å². The lowest BCUT2D eigenvalue weighted by atomic mass is 9.78. The molecule has 1 aromatic carbocycles. The maximum atomic E-state index is 12.9. The normalized spacial score (nSPS) is 15.1. The second-order valence-electron chi connectivity index (χ2n) is 9.66. The number of aromatic nitrogens is 3. The summed E-state index contributed by atoms with van der Waals surface area (Å²) in [4.78, 5) is 25.3. The standard InChI is InChI=1S/C26H31N3O4/c1-8-33-25(31)19-14-29-20(12-21(19)30)17-11-22(32-7)18(24-15(2)13-27-28(24)6)9-16(17)10-23(29)26(3,4)5/h9,11-14,23H,8,10H2,1-7H3. The van der Waals surface area contributed by atoms with E-state index in [0.717, 1.165) is 40.1 Å². The topological polar surface area (TPSA) is 75.3 Å². The summed E-state index contributed by atoms with van der Waals surface area (Å²) >= 11 is 0. The molecule has 0 aliphatic carbocycles. The van der Waals surface area contributed by atoms with Crippen molar-refractivity contribution in [3.8, 4) is 28.3 Å². The number of nitrogens with zero attached hydrogens (tertiary/aromatic N) is 3. The van der Waals surface area contributed by atoms with Crippen molar-refractivity contribution in [2.45, 2.75) is 47.1 Å². The van der Waals surface area contributed by atoms with Gasteiger partial charge in [0, 0.05) is 36.5 Å². The highest BCUT2D eigenvalue weighted by Crippen LogP contribution is 2.46. The van der Waals surface area contributed by atoms with Gasteiger partial charge in [-0.05, 0) is 48.9 Å². The van der Waals surface area contributed by atoms with Crippen molar-refractivity contribution in [2.24, 2.45) is 12.5 Å². The lowest BCUT2D eigenvalue weighted by molar-refractivity contribution is 0.0523. The molecule has 0 radical (unpaired) electrons. The van der Waals surface area contributed by atoms with Crippen LogP contribution in [-0.4, -0.2) is 34.0 Å². The summed E-state index contributed by atoms with van der Waals surface area (Å²) in [5.74, 6) is 0.124. The van der Waals surface area contributed by atoms with Crippen LogP contribution in [0.4, 0.5) is 0 Å². The van der Waals surface area contributed by atoms with E-state index in [9.17, 15) is 9.59 Å². The predicted octanol–water partition coefficient (Wildman–Crippen LogP) is 4.55. The number of hydrogen-bond donors (Lipinski definition) is 0. The molecule has 1 aliphatic heterocycles. The van der Waals surface area contributed by atoms with Crippen molar-refractivity contribution in [1.29, 1.82) is 0 Å². The number of fused-ring (bicyclic) bond motifs is 3. The number of rotatable bonds is 4. The summed E-state index contributed by atoms with van der Waals surface area (Å²) in [6.07, 6.45) is 4.27. The molecule has 1 unspecified atom stereocenters. The average molecular weight is 450 g/mol. The van der Waals surface area contributed by atoms with Crippen LogP contribution in [0.3, 0.4) is 0 Å². The SMILES string of the molecule is CCOC(=O)c1cn2c(cc1=O)-c1cc(OC)c(-c3c(C)cnn3C)cc1CC2C(C)(C)C. The number of carbonyl (C=O) groups excluding carboxylic acids is 1. The number of esters is 1. The minimum Gasteiger partial charge on any atom is -0.496 e. The smallest absolute Gasteiger partial charge is 0.343 e. The first-order valence-electron chi connectivity index (χ1n) is 11.2. The Labute approximate surface area is 194 Å². The van der Waals surface area contributed by atoms with Gasteiger partial charge in [-0.1, -0.05) is 20.8 Å². The molecule has 1 aliphatic rings. The van der Waals surface area contributed by atoms with Crippen LogP contribution in [0.15, 0.2) is 35.4 Å². The third kappa shape index (κ3) is 3.86. The molecule has 3 aromatic rings. The molecule has 4 rings (SSSR count). The van der Waals surface area contributed by atoms with Crippen LogP contribution in [0.5, 0.6) is 5.75 Å². The Kier molecular flexibility index (Phi) is 5.68. The van der Waals surface area contributed by atoms with E-state index in [1.807, 2.05) is 30.9 Å². The Morgan fingerprint density at radius 2 is 1.94 bits per heavy atom. The monoisotopic (exact) mass is 449 g/mol. The molecular weight excluding hydrogens is 418 g/mol. The van der Waals surface area contributed by atoms with Gasteiger partial charge >= 0.3 is 5.97 Å². The van der Waals surface area contributed by atoms with Crippen LogP contribution >= 0.6 is 0 Å². The fourth-order valence-electron chi connectivity index (χ4n) is 4.74. The van der Waals surface area contributed by atoms with E-state index in [1.54, 1.807) is 26.3 Å². The van der Waals surface area contributed by atoms with Gasteiger partial charge in [0.25, 0.3) is 0 Å². The molecule has 0 N–H and O–H groups in total. The van der Waals surface area contributed by atoms with Crippen molar-refractivity contribution in [2.75, 3.05) is 13.7 Å². The number of pyridine rings is 1. The van der Waals surface area contributed by atoms with Gasteiger partial charge in [0.2, 0.25) is 0 Å². The Morgan fingerprint density at radius 1 is 1.21 bits per heavy atom. The van der Waals surface area contributed by atoms with E-state index in [2.05, 4.69) is 36.5 Å². The van der Waals surface area contributed by atoms with Gasteiger partial charge in [0.05, 0.1) is 31.3 Å². The molecule has 7 heteroatoms. The van der Waals surface area contributed by atoms with Gasteiger partial charge in [0.1, 0.15) is 11.3 Å². The van der Waals surface area contributed by atoms with Crippen molar-refractivity contribution >= 4 is 5.97 Å². The summed E-state index contributed by atoms with van der Waals surface area (Å²) in [7, 11) is 3.57. The summed E-state index contributed by atoms with van der Waals surface area (Å²) in [5.41, 5.74) is 5.49. The highest BCUT2D eigenvalue weighted by molar-refractivity contribution is 5.89. The summed E-state index contributed by atoms with van der Waals surface area (Å²) in [6, 6.07) is 5.75. The average Bonchev–Trinajstić information content (AvgIpc) is 3.09. The van der Waals surface area contributed by atoms with Gasteiger partial charge in [-0.15, -0.1) is 0 Å². The number of hydrogen-bond acceptors (Lipinski definition) is 5. The lowest BCUT2D eigenvalue weighted by Crippen LogP contribution is -2.33. The van der Waals surface area contributed by atoms with Crippen molar-refractivity contribution in [3.05, 3.63) is 57.5 Å². The van der Waals surface area contributed by atoms with Gasteiger partial charge < -0.3 is 14.0 Å². The third-order valence-electron chi connectivity index (χ3n) is 6.40. The quantitative estimate of drug-likeness (QED) is 0.546. The first-order chi connectivity index (χ1) is 15.6. The second kappa shape index (κ2) is 8.21. The molecule has 0 bridgehead atoms. The molecule has 0 fully saturated rings. The zero-order valence-corrected chi connectivity index (χ0v) is 20.4. The van der Waals surface area contributed by atoms with Crippen LogP contribution in [0, 0.1) is 12.3 Å². The number of carbonyl (C=O) groups is 1. The number of ether oxygens (including phenoxy) is 2. The highest BCUT2D eigenvalue weighted by Gasteiger charge is 2.34. The first kappa shape index (κ1) is 22.8. The van der Waals surface area contributed by atoms with Crippen LogP contribution < -0.4 is 10.2 Å². The molecule has 0 amide bonds. The molecule has 7 nitrogen and oxygen atoms in total. The first-order valence-corrected chi connectivity index (χ1v) is 11.2. The van der Waals surface area contributed by atoms with Crippen LogP contribution in [0.1, 0.15) is 55.2 Å². The van der Waals surface area contributed by atoms with Crippen LogP contribution in [0.25, 0.3) is 22.5 Å². The molecule has 2 aromatic heterocycles. The molecule has 0 spiro atoms. The van der Waals surface area contributed by atoms with Crippen LogP contribution in [-0.2, 0) is 18.2 Å². The molecule has 0 saturated heterocycles. The van der Waals surface area contributed by atoms with E-state index < -0.39 is 5.97 Å². The summed E-state index contributed by atoms with van der Waals surface area (Å²) in [6.45, 7) is 10.5. The summed E-state index contributed by atoms with van der Waals surface area (Å²) < 4.78 is 14.8. The third-order valence-corrected chi connectivity index (χ3v) is 6.40. The van der Waals surface area contributed by atoms with E-state index in [1.165, 1.54) is 0 Å². The molecule has 0 saturated carbocycles. The van der Waals surface area contributed by atoms with Gasteiger partial charge in [-0.3, -0.25) is 9.48 Å². The Morgan fingerprint density at radius 3 is 2.52 bits per heavy atom. The van der Waals surface area contributed by atoms with E-state index >= 15 is 0 Å².